The minimum absolute atomic E-state index is 0.0296. The summed E-state index contributed by atoms with van der Waals surface area (Å²) in [4.78, 5) is 11.3. The van der Waals surface area contributed by atoms with Gasteiger partial charge in [0.15, 0.2) is 5.66 Å². The van der Waals surface area contributed by atoms with Crippen molar-refractivity contribution in [2.45, 2.75) is 71.9 Å². The van der Waals surface area contributed by atoms with E-state index in [0.717, 1.165) is 25.7 Å². The Bertz CT molecular complexity index is 514. The number of Topliss-reactive ketones (excluding diaryl/α,β-unsaturated/α-hetero) is 1. The van der Waals surface area contributed by atoms with Crippen molar-refractivity contribution in [1.82, 2.24) is 0 Å². The van der Waals surface area contributed by atoms with Crippen molar-refractivity contribution >= 4 is 5.78 Å². The smallest absolute Gasteiger partial charge is 0.194 e. The van der Waals surface area contributed by atoms with E-state index < -0.39 is 0 Å². The van der Waals surface area contributed by atoms with E-state index in [1.807, 2.05) is 13.8 Å². The van der Waals surface area contributed by atoms with Gasteiger partial charge < -0.3 is 0 Å². The molecule has 1 spiro atoms. The summed E-state index contributed by atoms with van der Waals surface area (Å²) in [5, 5.41) is 8.38. The maximum absolute atomic E-state index is 11.3. The van der Waals surface area contributed by atoms with Gasteiger partial charge in [-0.2, -0.15) is 10.2 Å². The first-order chi connectivity index (χ1) is 10.7. The number of nitrogens with zero attached hydrogens (tertiary/aromatic N) is 2. The number of carbonyl (C=O) groups excluding carboxylic acids is 1. The third kappa shape index (κ3) is 4.39. The van der Waals surface area contributed by atoms with Gasteiger partial charge in [0.1, 0.15) is 5.78 Å². The second-order valence-corrected chi connectivity index (χ2v) is 8.00. The van der Waals surface area contributed by atoms with E-state index in [0.29, 0.717) is 29.5 Å². The molecule has 0 radical (unpaired) electrons. The molecule has 0 aromatic heterocycles. The molecular formula is C20H32N2O. The lowest BCUT2D eigenvalue weighted by Gasteiger charge is -2.31. The van der Waals surface area contributed by atoms with Gasteiger partial charge in [0, 0.05) is 24.7 Å². The maximum Gasteiger partial charge on any atom is 0.194 e. The molecular weight excluding hydrogens is 284 g/mol. The average Bonchev–Trinajstić information content (AvgIpc) is 3.26. The van der Waals surface area contributed by atoms with Crippen molar-refractivity contribution in [3.63, 3.8) is 0 Å². The van der Waals surface area contributed by atoms with E-state index >= 15 is 0 Å². The lowest BCUT2D eigenvalue weighted by molar-refractivity contribution is -0.124. The molecule has 0 aromatic carbocycles. The molecule has 1 aliphatic heterocycles. The monoisotopic (exact) mass is 316 g/mol. The third-order valence-electron chi connectivity index (χ3n) is 5.98. The van der Waals surface area contributed by atoms with E-state index in [2.05, 4.69) is 37.2 Å². The highest BCUT2D eigenvalue weighted by molar-refractivity contribution is 5.81. The Kier molecular flexibility index (Phi) is 5.59. The molecule has 0 amide bonds. The summed E-state index contributed by atoms with van der Waals surface area (Å²) in [5.41, 5.74) is 2.51. The number of hydrogen-bond donors (Lipinski definition) is 0. The van der Waals surface area contributed by atoms with E-state index in [1.165, 1.54) is 24.0 Å². The number of carbonyl (C=O) groups is 1. The van der Waals surface area contributed by atoms with Gasteiger partial charge >= 0.3 is 0 Å². The Morgan fingerprint density at radius 1 is 1.00 bits per heavy atom. The summed E-state index contributed by atoms with van der Waals surface area (Å²) in [6, 6.07) is 0. The second kappa shape index (κ2) is 7.11. The van der Waals surface area contributed by atoms with Crippen LogP contribution in [0.1, 0.15) is 66.2 Å². The standard InChI is InChI=1S/C10H16N2.C10H16O/c1-7(2)9-5-4-8(3)10(6-9)11-12-10;1-7(2)9-5-4-8(3)10(11)6-9/h8-9H,1,4-6H2,2-3H3;8-9H,1,4-6H2,2-3H3/t2*8-,9-/m11/s1. The van der Waals surface area contributed by atoms with Crippen molar-refractivity contribution < 1.29 is 4.79 Å². The van der Waals surface area contributed by atoms with Crippen LogP contribution in [0.15, 0.2) is 34.5 Å². The highest BCUT2D eigenvalue weighted by atomic mass is 16.1. The van der Waals surface area contributed by atoms with Gasteiger partial charge in [-0.25, -0.2) is 0 Å². The van der Waals surface area contributed by atoms with Crippen molar-refractivity contribution in [2.75, 3.05) is 0 Å². The van der Waals surface area contributed by atoms with E-state index in [9.17, 15) is 4.79 Å². The van der Waals surface area contributed by atoms with E-state index in [4.69, 9.17) is 0 Å². The highest BCUT2D eigenvalue weighted by Gasteiger charge is 2.49. The molecule has 2 fully saturated rings. The lowest BCUT2D eigenvalue weighted by Crippen LogP contribution is -2.31. The number of ketones is 1. The summed E-state index contributed by atoms with van der Waals surface area (Å²) >= 11 is 0. The molecule has 2 aliphatic carbocycles. The fourth-order valence-corrected chi connectivity index (χ4v) is 3.69. The molecule has 0 N–H and O–H groups in total. The van der Waals surface area contributed by atoms with Crippen LogP contribution in [0.4, 0.5) is 0 Å². The van der Waals surface area contributed by atoms with Crippen LogP contribution in [-0.4, -0.2) is 11.4 Å². The normalized spacial score (nSPS) is 34.5. The van der Waals surface area contributed by atoms with Gasteiger partial charge in [-0.05, 0) is 51.4 Å². The summed E-state index contributed by atoms with van der Waals surface area (Å²) in [7, 11) is 0. The predicted octanol–water partition coefficient (Wildman–Crippen LogP) is 5.73. The Morgan fingerprint density at radius 2 is 1.57 bits per heavy atom. The minimum Gasteiger partial charge on any atom is -0.299 e. The molecule has 128 valence electrons. The zero-order valence-corrected chi connectivity index (χ0v) is 15.3. The van der Waals surface area contributed by atoms with Crippen molar-refractivity contribution in [3.05, 3.63) is 24.3 Å². The Morgan fingerprint density at radius 3 is 2.04 bits per heavy atom. The molecule has 4 atom stereocenters. The van der Waals surface area contributed by atoms with E-state index in [-0.39, 0.29) is 5.66 Å². The molecule has 3 rings (SSSR count). The number of allylic oxidation sites excluding steroid dienone is 2. The van der Waals surface area contributed by atoms with Crippen LogP contribution in [0.25, 0.3) is 0 Å². The Balaban J connectivity index is 0.000000168. The van der Waals surface area contributed by atoms with Gasteiger partial charge in [0.25, 0.3) is 0 Å². The molecule has 0 saturated heterocycles. The molecule has 0 bridgehead atoms. The molecule has 2 saturated carbocycles. The van der Waals surface area contributed by atoms with Crippen LogP contribution < -0.4 is 0 Å². The first-order valence-corrected chi connectivity index (χ1v) is 9.02. The minimum atomic E-state index is 0.0296. The Hall–Kier alpha value is -1.25. The van der Waals surface area contributed by atoms with Crippen LogP contribution in [-0.2, 0) is 4.79 Å². The van der Waals surface area contributed by atoms with Crippen LogP contribution in [0, 0.1) is 23.7 Å². The zero-order valence-electron chi connectivity index (χ0n) is 15.3. The third-order valence-corrected chi connectivity index (χ3v) is 5.98. The SMILES string of the molecule is C=C(C)[C@@H]1CC[C@@H](C)C(=O)C1.C=C(C)[C@@H]1CC[C@@H](C)C2(C1)N=N2. The summed E-state index contributed by atoms with van der Waals surface area (Å²) in [6.07, 6.45) is 6.59. The fourth-order valence-electron chi connectivity index (χ4n) is 3.69. The molecule has 0 unspecified atom stereocenters. The highest BCUT2D eigenvalue weighted by Crippen LogP contribution is 2.49. The summed E-state index contributed by atoms with van der Waals surface area (Å²) in [5.74, 6) is 2.51. The average molecular weight is 316 g/mol. The van der Waals surface area contributed by atoms with Gasteiger partial charge in [0.2, 0.25) is 0 Å². The molecule has 1 heterocycles. The van der Waals surface area contributed by atoms with Gasteiger partial charge in [0.05, 0.1) is 0 Å². The summed E-state index contributed by atoms with van der Waals surface area (Å²) in [6.45, 7) is 16.3. The molecule has 23 heavy (non-hydrogen) atoms. The molecule has 3 nitrogen and oxygen atoms in total. The van der Waals surface area contributed by atoms with E-state index in [1.54, 1.807) is 0 Å². The van der Waals surface area contributed by atoms with Crippen LogP contribution in [0.2, 0.25) is 0 Å². The van der Waals surface area contributed by atoms with Crippen molar-refractivity contribution in [2.24, 2.45) is 33.9 Å². The van der Waals surface area contributed by atoms with Crippen molar-refractivity contribution in [3.8, 4) is 0 Å². The van der Waals surface area contributed by atoms with Crippen molar-refractivity contribution in [1.29, 1.82) is 0 Å². The van der Waals surface area contributed by atoms with Crippen LogP contribution in [0.5, 0.6) is 0 Å². The largest absolute Gasteiger partial charge is 0.299 e. The second-order valence-electron chi connectivity index (χ2n) is 8.00. The van der Waals surface area contributed by atoms with Crippen LogP contribution in [0.3, 0.4) is 0 Å². The first kappa shape index (κ1) is 18.1. The quantitative estimate of drug-likeness (QED) is 0.600. The zero-order chi connectivity index (χ0) is 17.2. The topological polar surface area (TPSA) is 41.8 Å². The maximum atomic E-state index is 11.3. The fraction of sp³-hybridized carbons (Fsp3) is 0.750. The molecule has 3 aliphatic rings. The number of rotatable bonds is 2. The van der Waals surface area contributed by atoms with Gasteiger partial charge in [-0.15, -0.1) is 0 Å². The predicted molar refractivity (Wildman–Crippen MR) is 95.2 cm³/mol. The number of hydrogen-bond acceptors (Lipinski definition) is 3. The van der Waals surface area contributed by atoms with Crippen LogP contribution >= 0.6 is 0 Å². The van der Waals surface area contributed by atoms with Gasteiger partial charge in [-0.1, -0.05) is 38.2 Å². The van der Waals surface area contributed by atoms with Gasteiger partial charge in [-0.3, -0.25) is 4.79 Å². The summed E-state index contributed by atoms with van der Waals surface area (Å²) < 4.78 is 0. The first-order valence-electron chi connectivity index (χ1n) is 9.02. The molecule has 3 heteroatoms. The lowest BCUT2D eigenvalue weighted by atomic mass is 9.74. The Labute approximate surface area is 141 Å². The molecule has 0 aromatic rings.